The van der Waals surface area contributed by atoms with Crippen LogP contribution in [-0.4, -0.2) is 38.7 Å². The highest BCUT2D eigenvalue weighted by atomic mass is 19.4. The van der Waals surface area contributed by atoms with Gasteiger partial charge in [-0.15, -0.1) is 0 Å². The number of carbonyl (C=O) groups is 1. The molecule has 36 heavy (non-hydrogen) atoms. The first-order chi connectivity index (χ1) is 17.0. The molecule has 0 fully saturated rings. The van der Waals surface area contributed by atoms with Crippen molar-refractivity contribution in [3.05, 3.63) is 69.9 Å². The van der Waals surface area contributed by atoms with Crippen molar-refractivity contribution in [3.63, 3.8) is 0 Å². The van der Waals surface area contributed by atoms with Crippen LogP contribution in [0.15, 0.2) is 52.6 Å². The summed E-state index contributed by atoms with van der Waals surface area (Å²) >= 11 is 0. The monoisotopic (exact) mass is 511 g/mol. The molecule has 1 amide bonds. The van der Waals surface area contributed by atoms with Gasteiger partial charge < -0.3 is 20.7 Å². The Morgan fingerprint density at radius 2 is 1.78 bits per heavy atom. The van der Waals surface area contributed by atoms with E-state index in [0.29, 0.717) is 12.1 Å². The predicted molar refractivity (Wildman–Crippen MR) is 128 cm³/mol. The quantitative estimate of drug-likeness (QED) is 0.141. The van der Waals surface area contributed by atoms with Crippen molar-refractivity contribution in [1.82, 2.24) is 16.0 Å². The zero-order valence-corrected chi connectivity index (χ0v) is 20.3. The fourth-order valence-electron chi connectivity index (χ4n) is 3.16. The van der Waals surface area contributed by atoms with E-state index in [0.717, 1.165) is 30.3 Å². The van der Waals surface area contributed by atoms with Crippen LogP contribution in [0.1, 0.15) is 47.8 Å². The lowest BCUT2D eigenvalue weighted by atomic mass is 10.0. The average molecular weight is 512 g/mol. The van der Waals surface area contributed by atoms with Crippen LogP contribution in [0.3, 0.4) is 0 Å². The highest BCUT2D eigenvalue weighted by Gasteiger charge is 2.30. The Labute approximate surface area is 206 Å². The van der Waals surface area contributed by atoms with Crippen molar-refractivity contribution in [3.8, 4) is 5.75 Å². The van der Waals surface area contributed by atoms with Gasteiger partial charge in [0.2, 0.25) is 5.96 Å². The molecule has 0 saturated carbocycles. The maximum Gasteiger partial charge on any atom is 0.416 e. The van der Waals surface area contributed by atoms with E-state index >= 15 is 0 Å². The number of guanidine groups is 1. The molecule has 0 radical (unpaired) electrons. The fraction of sp³-hybridized carbons (Fsp3) is 0.417. The molecule has 3 N–H and O–H groups in total. The maximum absolute atomic E-state index is 14.1. The zero-order valence-electron chi connectivity index (χ0n) is 20.3. The molecule has 2 unspecified atom stereocenters. The minimum Gasteiger partial charge on any atom is -0.494 e. The molecule has 2 rings (SSSR count). The minimum absolute atomic E-state index is 0.0285. The molecular weight excluding hydrogens is 482 g/mol. The van der Waals surface area contributed by atoms with Gasteiger partial charge in [-0.05, 0) is 54.9 Å². The highest BCUT2D eigenvalue weighted by molar-refractivity contribution is 6.02. The molecule has 0 aliphatic heterocycles. The molecule has 12 heteroatoms. The second kappa shape index (κ2) is 13.0. The summed E-state index contributed by atoms with van der Waals surface area (Å²) in [7, 11) is 2.93. The zero-order chi connectivity index (χ0) is 26.9. The Hall–Kier alpha value is -3.54. The van der Waals surface area contributed by atoms with Crippen molar-refractivity contribution in [2.24, 2.45) is 16.1 Å². The standard InChI is InChI=1S/C24H29F4N5O3/c1-14(2)13-30-23(32-22(34)15-5-8-17(9-6-15)24(26,27)28)31-21(29-3)12-19(33-35)16-7-10-20(36-4)18(25)11-16/h5-11,14,19,21,29H,12-13H2,1-4H3,(H2,30,31,32,34). The van der Waals surface area contributed by atoms with Crippen LogP contribution in [0.4, 0.5) is 17.6 Å². The van der Waals surface area contributed by atoms with Gasteiger partial charge in [-0.3, -0.25) is 4.79 Å². The number of aliphatic imine (C=N–C) groups is 1. The van der Waals surface area contributed by atoms with Crippen molar-refractivity contribution in [1.29, 1.82) is 0 Å². The molecule has 0 saturated heterocycles. The van der Waals surface area contributed by atoms with Crippen LogP contribution in [0, 0.1) is 16.6 Å². The van der Waals surface area contributed by atoms with Crippen LogP contribution < -0.4 is 20.7 Å². The fourth-order valence-corrected chi connectivity index (χ4v) is 3.16. The van der Waals surface area contributed by atoms with Crippen molar-refractivity contribution >= 4 is 11.9 Å². The van der Waals surface area contributed by atoms with Gasteiger partial charge in [0.15, 0.2) is 11.6 Å². The summed E-state index contributed by atoms with van der Waals surface area (Å²) in [6.07, 6.45) is -5.08. The smallest absolute Gasteiger partial charge is 0.416 e. The number of hydrogen-bond acceptors (Lipinski definition) is 5. The second-order valence-electron chi connectivity index (χ2n) is 8.35. The van der Waals surface area contributed by atoms with E-state index in [4.69, 9.17) is 4.74 Å². The number of amides is 1. The van der Waals surface area contributed by atoms with E-state index < -0.39 is 35.7 Å². The molecule has 0 spiro atoms. The Balaban J connectivity index is 2.23. The largest absolute Gasteiger partial charge is 0.494 e. The van der Waals surface area contributed by atoms with Gasteiger partial charge in [-0.25, -0.2) is 4.39 Å². The Kier molecular flexibility index (Phi) is 10.3. The van der Waals surface area contributed by atoms with Crippen molar-refractivity contribution in [2.75, 3.05) is 20.7 Å². The lowest BCUT2D eigenvalue weighted by Gasteiger charge is -2.23. The summed E-state index contributed by atoms with van der Waals surface area (Å²) in [6.45, 7) is 4.30. The normalized spacial score (nSPS) is 13.8. The molecule has 2 aromatic carbocycles. The van der Waals surface area contributed by atoms with E-state index in [2.05, 4.69) is 26.1 Å². The molecule has 0 aromatic heterocycles. The molecule has 8 nitrogen and oxygen atoms in total. The van der Waals surface area contributed by atoms with E-state index in [1.807, 2.05) is 13.8 Å². The van der Waals surface area contributed by atoms with Crippen LogP contribution in [-0.2, 0) is 6.18 Å². The van der Waals surface area contributed by atoms with Crippen molar-refractivity contribution in [2.45, 2.75) is 38.7 Å². The first-order valence-corrected chi connectivity index (χ1v) is 11.1. The van der Waals surface area contributed by atoms with Gasteiger partial charge in [0.1, 0.15) is 6.04 Å². The van der Waals surface area contributed by atoms with Gasteiger partial charge >= 0.3 is 6.18 Å². The number of alkyl halides is 3. The third-order valence-corrected chi connectivity index (χ3v) is 5.16. The Morgan fingerprint density at radius 1 is 1.11 bits per heavy atom. The summed E-state index contributed by atoms with van der Waals surface area (Å²) in [5, 5.41) is 12.0. The predicted octanol–water partition coefficient (Wildman–Crippen LogP) is 4.63. The summed E-state index contributed by atoms with van der Waals surface area (Å²) in [6, 6.07) is 6.86. The molecule has 0 aliphatic rings. The summed E-state index contributed by atoms with van der Waals surface area (Å²) < 4.78 is 57.4. The highest BCUT2D eigenvalue weighted by Crippen LogP contribution is 2.29. The minimum atomic E-state index is -4.52. The number of nitrogens with zero attached hydrogens (tertiary/aromatic N) is 2. The van der Waals surface area contributed by atoms with Gasteiger partial charge in [-0.1, -0.05) is 25.1 Å². The van der Waals surface area contributed by atoms with Crippen molar-refractivity contribution < 1.29 is 27.1 Å². The van der Waals surface area contributed by atoms with Gasteiger partial charge in [0.25, 0.3) is 5.91 Å². The lowest BCUT2D eigenvalue weighted by Crippen LogP contribution is -2.50. The maximum atomic E-state index is 14.1. The van der Waals surface area contributed by atoms with Gasteiger partial charge in [-0.2, -0.15) is 23.1 Å². The third kappa shape index (κ3) is 8.29. The summed E-state index contributed by atoms with van der Waals surface area (Å²) in [5.74, 6) is -1.14. The van der Waals surface area contributed by atoms with Crippen LogP contribution in [0.25, 0.3) is 0 Å². The number of benzene rings is 2. The van der Waals surface area contributed by atoms with E-state index in [1.165, 1.54) is 19.2 Å². The number of hydrogen-bond donors (Lipinski definition) is 3. The van der Waals surface area contributed by atoms with Crippen LogP contribution in [0.2, 0.25) is 0 Å². The van der Waals surface area contributed by atoms with E-state index in [1.54, 1.807) is 7.05 Å². The first kappa shape index (κ1) is 28.7. The first-order valence-electron chi connectivity index (χ1n) is 11.1. The number of nitroso groups, excluding NO2 is 1. The molecule has 0 bridgehead atoms. The van der Waals surface area contributed by atoms with Gasteiger partial charge in [0, 0.05) is 18.5 Å². The van der Waals surface area contributed by atoms with E-state index in [-0.39, 0.29) is 29.6 Å². The molecule has 2 aromatic rings. The molecule has 196 valence electrons. The Bertz CT molecular complexity index is 1060. The van der Waals surface area contributed by atoms with Crippen LogP contribution >= 0.6 is 0 Å². The third-order valence-electron chi connectivity index (χ3n) is 5.16. The summed E-state index contributed by atoms with van der Waals surface area (Å²) in [5.41, 5.74) is -0.576. The molecule has 0 heterocycles. The molecule has 0 aliphatic carbocycles. The average Bonchev–Trinajstić information content (AvgIpc) is 2.84. The SMILES string of the molecule is CNC(CC(N=O)c1ccc(OC)c(F)c1)N/C(=N\C(=O)c1ccc(C(F)(F)F)cc1)NCC(C)C. The second-order valence-corrected chi connectivity index (χ2v) is 8.35. The number of carbonyl (C=O) groups excluding carboxylic acids is 1. The topological polar surface area (TPSA) is 104 Å². The van der Waals surface area contributed by atoms with E-state index in [9.17, 15) is 27.3 Å². The number of rotatable bonds is 10. The Morgan fingerprint density at radius 3 is 2.28 bits per heavy atom. The summed E-state index contributed by atoms with van der Waals surface area (Å²) in [4.78, 5) is 28.2. The number of methoxy groups -OCH3 is 1. The number of ether oxygens (including phenoxy) is 1. The molecule has 2 atom stereocenters. The number of halogens is 4. The van der Waals surface area contributed by atoms with Gasteiger partial charge in [0.05, 0.1) is 18.8 Å². The van der Waals surface area contributed by atoms with Crippen LogP contribution in [0.5, 0.6) is 5.75 Å². The molecular formula is C24H29F4N5O3. The number of nitrogens with one attached hydrogen (secondary N) is 3. The lowest BCUT2D eigenvalue weighted by molar-refractivity contribution is -0.137.